The average molecular weight is 146 g/mol. The van der Waals surface area contributed by atoms with Crippen molar-refractivity contribution in [1.29, 1.82) is 0 Å². The molecule has 0 N–H and O–H groups in total. The monoisotopic (exact) mass is 146 g/mol. The Hall–Kier alpha value is 0.0948. The fourth-order valence-corrected chi connectivity index (χ4v) is 0.218. The fourth-order valence-electron chi connectivity index (χ4n) is 0.218. The zero-order valence-electron chi connectivity index (χ0n) is 6.46. The van der Waals surface area contributed by atoms with Gasteiger partial charge in [0.05, 0.1) is 25.2 Å². The van der Waals surface area contributed by atoms with Gasteiger partial charge in [-0.25, -0.2) is 0 Å². The zero-order valence-corrected chi connectivity index (χ0v) is 6.46. The Bertz CT molecular complexity index is 112. The molecule has 0 rings (SSSR count). The molecule has 11 heavy (non-hydrogen) atoms. The smallest absolute Gasteiger partial charge is 0.548 e. The van der Waals surface area contributed by atoms with E-state index in [1.54, 1.807) is 0 Å². The summed E-state index contributed by atoms with van der Waals surface area (Å²) < 4.78 is 4.03. The summed E-state index contributed by atoms with van der Waals surface area (Å²) in [6.07, 6.45) is 0. The van der Waals surface area contributed by atoms with E-state index in [0.29, 0.717) is 0 Å². The average Bonchev–Trinajstić information content (AvgIpc) is 1.63. The summed E-state index contributed by atoms with van der Waals surface area (Å²) in [6, 6.07) is 0. The molecule has 0 aliphatic carbocycles. The Labute approximate surface area is 87.5 Å². The standard InChI is InChI=1S/C4H6O5.2Li/c5-3(6)1-9-2-4(7)8;;/h1-2H2,(H,5,6)(H,7,8);;/q;2*+1/p-2. The second kappa shape index (κ2) is 10.1. The van der Waals surface area contributed by atoms with Gasteiger partial charge >= 0.3 is 37.7 Å². The van der Waals surface area contributed by atoms with Gasteiger partial charge in [-0.3, -0.25) is 0 Å². The molecule has 0 radical (unpaired) electrons. The Morgan fingerprint density at radius 2 is 1.27 bits per heavy atom. The Kier molecular flexibility index (Phi) is 15.8. The van der Waals surface area contributed by atoms with Crippen molar-refractivity contribution in [3.8, 4) is 0 Å². The van der Waals surface area contributed by atoms with Crippen LogP contribution in [0.2, 0.25) is 0 Å². The van der Waals surface area contributed by atoms with Crippen LogP contribution in [0.5, 0.6) is 0 Å². The first-order valence-electron chi connectivity index (χ1n) is 2.10. The molecule has 0 aromatic carbocycles. The van der Waals surface area contributed by atoms with E-state index in [9.17, 15) is 19.8 Å². The molecule has 0 aromatic rings. The molecule has 0 spiro atoms. The van der Waals surface area contributed by atoms with Crippen molar-refractivity contribution in [3.05, 3.63) is 0 Å². The number of carboxylic acids is 2. The van der Waals surface area contributed by atoms with Gasteiger partial charge in [0.2, 0.25) is 0 Å². The molecule has 0 aromatic heterocycles. The predicted molar refractivity (Wildman–Crippen MR) is 20.8 cm³/mol. The van der Waals surface area contributed by atoms with E-state index in [0.717, 1.165) is 0 Å². The van der Waals surface area contributed by atoms with Gasteiger partial charge in [-0.2, -0.15) is 0 Å². The maximum Gasteiger partial charge on any atom is 1.00 e. The van der Waals surface area contributed by atoms with Gasteiger partial charge in [-0.1, -0.05) is 0 Å². The van der Waals surface area contributed by atoms with Gasteiger partial charge in [0, 0.05) is 0 Å². The Balaban J connectivity index is -0.000000320. The maximum absolute atomic E-state index is 9.53. The molecule has 7 heteroatoms. The van der Waals surface area contributed by atoms with Crippen molar-refractivity contribution in [3.63, 3.8) is 0 Å². The zero-order chi connectivity index (χ0) is 7.28. The summed E-state index contributed by atoms with van der Waals surface area (Å²) >= 11 is 0. The van der Waals surface area contributed by atoms with Gasteiger partial charge in [0.15, 0.2) is 0 Å². The quantitative estimate of drug-likeness (QED) is 0.367. The summed E-state index contributed by atoms with van der Waals surface area (Å²) in [4.78, 5) is 19.1. The van der Waals surface area contributed by atoms with Crippen molar-refractivity contribution in [2.75, 3.05) is 13.2 Å². The molecule has 0 saturated heterocycles. The molecule has 0 saturated carbocycles. The molecule has 0 heterocycles. The summed E-state index contributed by atoms with van der Waals surface area (Å²) in [5.41, 5.74) is 0. The molecule has 52 valence electrons. The molecular formula is C4H4Li2O5. The van der Waals surface area contributed by atoms with E-state index >= 15 is 0 Å². The topological polar surface area (TPSA) is 89.5 Å². The van der Waals surface area contributed by atoms with E-state index in [1.807, 2.05) is 0 Å². The van der Waals surface area contributed by atoms with Gasteiger partial charge in [-0.05, 0) is 0 Å². The minimum atomic E-state index is -1.45. The van der Waals surface area contributed by atoms with Crippen molar-refractivity contribution >= 4 is 11.9 Å². The van der Waals surface area contributed by atoms with Crippen LogP contribution in [0.1, 0.15) is 0 Å². The van der Waals surface area contributed by atoms with Crippen molar-refractivity contribution < 1.29 is 62.3 Å². The SMILES string of the molecule is O=C([O-])COCC(=O)[O-].[Li+].[Li+]. The summed E-state index contributed by atoms with van der Waals surface area (Å²) in [7, 11) is 0. The maximum atomic E-state index is 9.53. The summed E-state index contributed by atoms with van der Waals surface area (Å²) in [6.45, 7) is -1.43. The van der Waals surface area contributed by atoms with Crippen LogP contribution in [-0.4, -0.2) is 25.2 Å². The van der Waals surface area contributed by atoms with Crippen LogP contribution in [0.3, 0.4) is 0 Å². The first kappa shape index (κ1) is 17.3. The van der Waals surface area contributed by atoms with E-state index < -0.39 is 25.2 Å². The second-order valence-electron chi connectivity index (χ2n) is 1.24. The molecule has 0 bridgehead atoms. The molecule has 0 fully saturated rings. The molecule has 0 atom stereocenters. The second-order valence-corrected chi connectivity index (χ2v) is 1.24. The molecule has 5 nitrogen and oxygen atoms in total. The molecule has 0 aliphatic heterocycles. The number of carbonyl (C=O) groups is 2. The number of ether oxygens (including phenoxy) is 1. The van der Waals surface area contributed by atoms with Gasteiger partial charge in [0.1, 0.15) is 0 Å². The van der Waals surface area contributed by atoms with Crippen molar-refractivity contribution in [2.24, 2.45) is 0 Å². The number of rotatable bonds is 4. The third-order valence-corrected chi connectivity index (χ3v) is 0.440. The molecule has 0 aliphatic rings. The normalized spacial score (nSPS) is 7.27. The number of hydrogen-bond donors (Lipinski definition) is 0. The van der Waals surface area contributed by atoms with E-state index in [2.05, 4.69) is 4.74 Å². The van der Waals surface area contributed by atoms with Crippen LogP contribution in [0, 0.1) is 0 Å². The largest absolute Gasteiger partial charge is 1.00 e. The first-order valence-corrected chi connectivity index (χ1v) is 2.10. The number of carboxylic acid groups (broad SMARTS) is 2. The van der Waals surface area contributed by atoms with Crippen molar-refractivity contribution in [1.82, 2.24) is 0 Å². The predicted octanol–water partition coefficient (Wildman–Crippen LogP) is -9.49. The van der Waals surface area contributed by atoms with Crippen LogP contribution >= 0.6 is 0 Å². The van der Waals surface area contributed by atoms with Crippen molar-refractivity contribution in [2.45, 2.75) is 0 Å². The number of aliphatic carboxylic acids is 2. The van der Waals surface area contributed by atoms with E-state index in [-0.39, 0.29) is 37.7 Å². The first-order chi connectivity index (χ1) is 4.13. The van der Waals surface area contributed by atoms with Crippen LogP contribution in [0.15, 0.2) is 0 Å². The Morgan fingerprint density at radius 3 is 1.45 bits per heavy atom. The van der Waals surface area contributed by atoms with Crippen LogP contribution in [-0.2, 0) is 14.3 Å². The fraction of sp³-hybridized carbons (Fsp3) is 0.500. The Morgan fingerprint density at radius 1 is 1.00 bits per heavy atom. The number of carbonyl (C=O) groups excluding carboxylic acids is 2. The van der Waals surface area contributed by atoms with Gasteiger partial charge in [-0.15, -0.1) is 0 Å². The van der Waals surface area contributed by atoms with Crippen LogP contribution in [0.25, 0.3) is 0 Å². The molecular weight excluding hydrogens is 142 g/mol. The summed E-state index contributed by atoms with van der Waals surface area (Å²) in [5.74, 6) is -2.90. The number of hydrogen-bond acceptors (Lipinski definition) is 5. The van der Waals surface area contributed by atoms with E-state index in [4.69, 9.17) is 0 Å². The van der Waals surface area contributed by atoms with Crippen LogP contribution < -0.4 is 47.9 Å². The van der Waals surface area contributed by atoms with E-state index in [1.165, 1.54) is 0 Å². The molecule has 0 amide bonds. The summed E-state index contributed by atoms with van der Waals surface area (Å²) in [5, 5.41) is 19.1. The third kappa shape index (κ3) is 17.8. The minimum Gasteiger partial charge on any atom is -0.548 e. The molecule has 0 unspecified atom stereocenters. The van der Waals surface area contributed by atoms with Gasteiger partial charge < -0.3 is 24.5 Å². The van der Waals surface area contributed by atoms with Crippen LogP contribution in [0.4, 0.5) is 0 Å². The minimum absolute atomic E-state index is 0. The third-order valence-electron chi connectivity index (χ3n) is 0.440. The van der Waals surface area contributed by atoms with Gasteiger partial charge in [0.25, 0.3) is 0 Å².